The smallest absolute Gasteiger partial charge is 0.224 e. The van der Waals surface area contributed by atoms with Crippen LogP contribution in [0.2, 0.25) is 0 Å². The van der Waals surface area contributed by atoms with Gasteiger partial charge in [-0.3, -0.25) is 9.59 Å². The van der Waals surface area contributed by atoms with E-state index >= 15 is 0 Å². The van der Waals surface area contributed by atoms with Gasteiger partial charge in [-0.1, -0.05) is 12.1 Å². The van der Waals surface area contributed by atoms with Crippen LogP contribution in [0.5, 0.6) is 0 Å². The average Bonchev–Trinajstić information content (AvgIpc) is 2.39. The molecule has 5 nitrogen and oxygen atoms in total. The van der Waals surface area contributed by atoms with Crippen molar-refractivity contribution in [2.75, 3.05) is 26.0 Å². The zero-order chi connectivity index (χ0) is 15.0. The Bertz CT molecular complexity index is 460. The van der Waals surface area contributed by atoms with Gasteiger partial charge in [0.15, 0.2) is 0 Å². The number of carbonyl (C=O) groups excluding carboxylic acids is 2. The van der Waals surface area contributed by atoms with Gasteiger partial charge in [0.25, 0.3) is 0 Å². The van der Waals surface area contributed by atoms with Crippen molar-refractivity contribution in [3.05, 3.63) is 29.8 Å². The molecule has 0 saturated carbocycles. The molecule has 0 saturated heterocycles. The highest BCUT2D eigenvalue weighted by Crippen LogP contribution is 2.13. The predicted octanol–water partition coefficient (Wildman–Crippen LogP) is 1.60. The zero-order valence-corrected chi connectivity index (χ0v) is 12.4. The molecule has 2 amide bonds. The average molecular weight is 277 g/mol. The van der Waals surface area contributed by atoms with Crippen LogP contribution in [0.1, 0.15) is 25.3 Å². The molecule has 0 fully saturated rings. The number of nitrogens with zero attached hydrogens (tertiary/aromatic N) is 1. The van der Waals surface area contributed by atoms with Crippen molar-refractivity contribution in [2.45, 2.75) is 26.3 Å². The molecular formula is C15H23N3O2. The van der Waals surface area contributed by atoms with Gasteiger partial charge in [0.1, 0.15) is 0 Å². The summed E-state index contributed by atoms with van der Waals surface area (Å²) in [5.74, 6) is 0.0313. The lowest BCUT2D eigenvalue weighted by atomic mass is 10.2. The maximum atomic E-state index is 11.7. The van der Waals surface area contributed by atoms with Gasteiger partial charge in [-0.15, -0.1) is 0 Å². The Morgan fingerprint density at radius 2 is 2.05 bits per heavy atom. The number of rotatable bonds is 7. The third-order valence-corrected chi connectivity index (χ3v) is 3.00. The van der Waals surface area contributed by atoms with E-state index in [9.17, 15) is 9.59 Å². The number of anilines is 1. The number of hydrogen-bond acceptors (Lipinski definition) is 3. The lowest BCUT2D eigenvalue weighted by Crippen LogP contribution is -2.23. The lowest BCUT2D eigenvalue weighted by molar-refractivity contribution is -0.128. The molecule has 0 spiro atoms. The first kappa shape index (κ1) is 16.2. The summed E-state index contributed by atoms with van der Waals surface area (Å²) in [6.07, 6.45) is 1.31. The molecule has 20 heavy (non-hydrogen) atoms. The number of benzene rings is 1. The summed E-state index contributed by atoms with van der Waals surface area (Å²) in [4.78, 5) is 24.6. The third-order valence-electron chi connectivity index (χ3n) is 3.00. The highest BCUT2D eigenvalue weighted by atomic mass is 16.2. The summed E-state index contributed by atoms with van der Waals surface area (Å²) >= 11 is 0. The van der Waals surface area contributed by atoms with Gasteiger partial charge in [-0.25, -0.2) is 0 Å². The topological polar surface area (TPSA) is 61.4 Å². The van der Waals surface area contributed by atoms with Crippen molar-refractivity contribution in [3.63, 3.8) is 0 Å². The van der Waals surface area contributed by atoms with Gasteiger partial charge < -0.3 is 15.5 Å². The molecule has 1 rings (SSSR count). The molecule has 0 radical (unpaired) electrons. The summed E-state index contributed by atoms with van der Waals surface area (Å²) in [7, 11) is 3.62. The molecule has 2 N–H and O–H groups in total. The minimum Gasteiger partial charge on any atom is -0.342 e. The summed E-state index contributed by atoms with van der Waals surface area (Å²) in [6.45, 7) is 2.91. The van der Waals surface area contributed by atoms with Gasteiger partial charge in [-0.2, -0.15) is 0 Å². The van der Waals surface area contributed by atoms with E-state index in [-0.39, 0.29) is 11.8 Å². The first-order chi connectivity index (χ1) is 9.52. The SMILES string of the molecule is CNCCCC(=O)Nc1cccc(CN(C)C(C)=O)c1. The van der Waals surface area contributed by atoms with Crippen LogP contribution in [0.25, 0.3) is 0 Å². The van der Waals surface area contributed by atoms with Crippen molar-refractivity contribution in [1.82, 2.24) is 10.2 Å². The van der Waals surface area contributed by atoms with E-state index in [4.69, 9.17) is 0 Å². The second-order valence-corrected chi connectivity index (χ2v) is 4.83. The fourth-order valence-corrected chi connectivity index (χ4v) is 1.78. The third kappa shape index (κ3) is 5.84. The lowest BCUT2D eigenvalue weighted by Gasteiger charge is -2.15. The quantitative estimate of drug-likeness (QED) is 0.744. The van der Waals surface area contributed by atoms with E-state index in [1.165, 1.54) is 6.92 Å². The van der Waals surface area contributed by atoms with Crippen LogP contribution in [0.3, 0.4) is 0 Å². The standard InChI is InChI=1S/C15H23N3O2/c1-12(19)18(3)11-13-6-4-7-14(10-13)17-15(20)8-5-9-16-2/h4,6-7,10,16H,5,8-9,11H2,1-3H3,(H,17,20). The largest absolute Gasteiger partial charge is 0.342 e. The summed E-state index contributed by atoms with van der Waals surface area (Å²) in [6, 6.07) is 7.57. The van der Waals surface area contributed by atoms with Gasteiger partial charge in [0.2, 0.25) is 11.8 Å². The van der Waals surface area contributed by atoms with Crippen molar-refractivity contribution in [3.8, 4) is 0 Å². The van der Waals surface area contributed by atoms with Crippen LogP contribution in [0.4, 0.5) is 5.69 Å². The number of hydrogen-bond donors (Lipinski definition) is 2. The predicted molar refractivity (Wildman–Crippen MR) is 80.4 cm³/mol. The van der Waals surface area contributed by atoms with Crippen LogP contribution >= 0.6 is 0 Å². The van der Waals surface area contributed by atoms with Crippen molar-refractivity contribution in [1.29, 1.82) is 0 Å². The van der Waals surface area contributed by atoms with Crippen molar-refractivity contribution >= 4 is 17.5 Å². The van der Waals surface area contributed by atoms with Gasteiger partial charge in [-0.05, 0) is 37.7 Å². The molecule has 1 aromatic rings. The zero-order valence-electron chi connectivity index (χ0n) is 12.4. The van der Waals surface area contributed by atoms with Crippen LogP contribution in [-0.2, 0) is 16.1 Å². The van der Waals surface area contributed by atoms with Crippen LogP contribution in [-0.4, -0.2) is 37.4 Å². The minimum absolute atomic E-state index is 0.0114. The summed E-state index contributed by atoms with van der Waals surface area (Å²) in [5.41, 5.74) is 1.77. The van der Waals surface area contributed by atoms with E-state index in [1.54, 1.807) is 11.9 Å². The molecule has 1 aromatic carbocycles. The number of carbonyl (C=O) groups is 2. The molecule has 0 atom stereocenters. The Balaban J connectivity index is 2.55. The molecule has 0 heterocycles. The van der Waals surface area contributed by atoms with Crippen LogP contribution in [0.15, 0.2) is 24.3 Å². The maximum absolute atomic E-state index is 11.7. The molecule has 0 unspecified atom stereocenters. The fourth-order valence-electron chi connectivity index (χ4n) is 1.78. The molecule has 0 aliphatic carbocycles. The summed E-state index contributed by atoms with van der Waals surface area (Å²) in [5, 5.41) is 5.88. The Labute approximate surface area is 120 Å². The van der Waals surface area contributed by atoms with Crippen LogP contribution in [0, 0.1) is 0 Å². The number of nitrogens with one attached hydrogen (secondary N) is 2. The molecule has 0 aromatic heterocycles. The number of amides is 2. The molecular weight excluding hydrogens is 254 g/mol. The van der Waals surface area contributed by atoms with E-state index in [0.717, 1.165) is 24.2 Å². The second-order valence-electron chi connectivity index (χ2n) is 4.83. The van der Waals surface area contributed by atoms with E-state index in [0.29, 0.717) is 13.0 Å². The molecule has 5 heteroatoms. The Morgan fingerprint density at radius 1 is 1.30 bits per heavy atom. The highest BCUT2D eigenvalue weighted by molar-refractivity contribution is 5.90. The summed E-state index contributed by atoms with van der Waals surface area (Å²) < 4.78 is 0. The van der Waals surface area contributed by atoms with Gasteiger partial charge in [0, 0.05) is 32.6 Å². The maximum Gasteiger partial charge on any atom is 0.224 e. The van der Waals surface area contributed by atoms with Gasteiger partial charge >= 0.3 is 0 Å². The van der Waals surface area contributed by atoms with Crippen molar-refractivity contribution < 1.29 is 9.59 Å². The molecule has 0 bridgehead atoms. The monoisotopic (exact) mass is 277 g/mol. The van der Waals surface area contributed by atoms with E-state index in [1.807, 2.05) is 31.3 Å². The second kappa shape index (κ2) is 8.32. The van der Waals surface area contributed by atoms with Crippen molar-refractivity contribution in [2.24, 2.45) is 0 Å². The van der Waals surface area contributed by atoms with Gasteiger partial charge in [0.05, 0.1) is 0 Å². The Morgan fingerprint density at radius 3 is 2.70 bits per heavy atom. The van der Waals surface area contributed by atoms with E-state index < -0.39 is 0 Å². The molecule has 110 valence electrons. The first-order valence-electron chi connectivity index (χ1n) is 6.78. The first-order valence-corrected chi connectivity index (χ1v) is 6.78. The normalized spacial score (nSPS) is 10.2. The molecule has 0 aliphatic rings. The molecule has 0 aliphatic heterocycles. The van der Waals surface area contributed by atoms with Crippen LogP contribution < -0.4 is 10.6 Å². The Hall–Kier alpha value is -1.88. The fraction of sp³-hybridized carbons (Fsp3) is 0.467. The van der Waals surface area contributed by atoms with E-state index in [2.05, 4.69) is 10.6 Å². The minimum atomic E-state index is 0.0114. The Kier molecular flexibility index (Phi) is 6.73. The highest BCUT2D eigenvalue weighted by Gasteiger charge is 2.05.